The Morgan fingerprint density at radius 2 is 2.11 bits per heavy atom. The minimum Gasteiger partial charge on any atom is -0.394 e. The summed E-state index contributed by atoms with van der Waals surface area (Å²) in [5, 5.41) is 40.3. The monoisotopic (exact) mass is 267 g/mol. The Morgan fingerprint density at radius 3 is 2.79 bits per heavy atom. The van der Waals surface area contributed by atoms with Crippen LogP contribution in [0.25, 0.3) is 0 Å². The van der Waals surface area contributed by atoms with Gasteiger partial charge in [0.05, 0.1) is 12.3 Å². The number of aliphatic hydroxyl groups excluding tert-OH is 3. The van der Waals surface area contributed by atoms with E-state index >= 15 is 0 Å². The number of fused-ring (bicyclic) bond motifs is 1. The molecular weight excluding hydrogens is 254 g/mol. The molecule has 5 N–H and O–H groups in total. The van der Waals surface area contributed by atoms with E-state index in [9.17, 15) is 10.2 Å². The fourth-order valence-corrected chi connectivity index (χ4v) is 2.29. The Balaban J connectivity index is 1.86. The molecule has 3 aliphatic heterocycles. The lowest BCUT2D eigenvalue weighted by molar-refractivity contribution is -0.00982. The first-order chi connectivity index (χ1) is 9.13. The number of hydrogen-bond donors (Lipinski definition) is 5. The Labute approximate surface area is 107 Å². The number of nitrogens with zero attached hydrogens (tertiary/aromatic N) is 3. The standard InChI is InChI=1S/C10H13N5O4/c11-10-6-4(12-2-13-10)5(14-15-6)9-8(18)7(17)3(1-16)19-9/h2-3,6-9,11,15-18H,1H2/t3-,6?,7-,8+,9-/m0/s1. The molecule has 0 bridgehead atoms. The molecule has 3 heterocycles. The molecular formula is C10H13N5O4. The highest BCUT2D eigenvalue weighted by Gasteiger charge is 2.48. The third kappa shape index (κ3) is 1.78. The zero-order valence-corrected chi connectivity index (χ0v) is 9.76. The second kappa shape index (κ2) is 4.46. The molecule has 0 amide bonds. The lowest BCUT2D eigenvalue weighted by atomic mass is 9.98. The van der Waals surface area contributed by atoms with E-state index in [1.807, 2.05) is 0 Å². The first-order valence-electron chi connectivity index (χ1n) is 5.78. The molecule has 0 saturated carbocycles. The molecule has 1 fully saturated rings. The quantitative estimate of drug-likeness (QED) is 0.368. The summed E-state index contributed by atoms with van der Waals surface area (Å²) in [6, 6.07) is -0.555. The number of ether oxygens (including phenoxy) is 1. The molecule has 9 heteroatoms. The molecule has 1 saturated heterocycles. The van der Waals surface area contributed by atoms with E-state index in [-0.39, 0.29) is 5.84 Å². The van der Waals surface area contributed by atoms with Crippen LogP contribution in [0.2, 0.25) is 0 Å². The summed E-state index contributed by atoms with van der Waals surface area (Å²) in [5.41, 5.74) is 3.45. The normalized spacial score (nSPS) is 40.8. The maximum Gasteiger partial charge on any atom is 0.152 e. The predicted molar refractivity (Wildman–Crippen MR) is 65.8 cm³/mol. The molecule has 3 rings (SSSR count). The molecule has 1 unspecified atom stereocenters. The predicted octanol–water partition coefficient (Wildman–Crippen LogP) is -2.74. The number of nitrogens with one attached hydrogen (secondary N) is 2. The van der Waals surface area contributed by atoms with Gasteiger partial charge in [0.25, 0.3) is 0 Å². The molecule has 0 aromatic rings. The van der Waals surface area contributed by atoms with Gasteiger partial charge in [-0.3, -0.25) is 10.8 Å². The van der Waals surface area contributed by atoms with Crippen LogP contribution in [0.15, 0.2) is 15.1 Å². The molecule has 0 aromatic heterocycles. The number of amidine groups is 1. The molecule has 0 aliphatic carbocycles. The SMILES string of the molecule is N=C1N=CN=C2C([C@@H]3O[C@@H](CO)[C@H](O)[C@H]3O)=NNC12. The Morgan fingerprint density at radius 1 is 1.32 bits per heavy atom. The average Bonchev–Trinajstić information content (AvgIpc) is 2.94. The van der Waals surface area contributed by atoms with Gasteiger partial charge in [-0.05, 0) is 0 Å². The Hall–Kier alpha value is -1.68. The zero-order chi connectivity index (χ0) is 13.6. The van der Waals surface area contributed by atoms with Gasteiger partial charge in [0.2, 0.25) is 0 Å². The largest absolute Gasteiger partial charge is 0.394 e. The summed E-state index contributed by atoms with van der Waals surface area (Å²) in [6.07, 6.45) is -2.90. The van der Waals surface area contributed by atoms with Crippen molar-refractivity contribution in [2.75, 3.05) is 6.61 Å². The van der Waals surface area contributed by atoms with Crippen LogP contribution in [0.5, 0.6) is 0 Å². The van der Waals surface area contributed by atoms with Crippen LogP contribution in [0.3, 0.4) is 0 Å². The van der Waals surface area contributed by atoms with Gasteiger partial charge in [0, 0.05) is 0 Å². The van der Waals surface area contributed by atoms with Crippen molar-refractivity contribution < 1.29 is 20.1 Å². The highest BCUT2D eigenvalue weighted by Crippen LogP contribution is 2.25. The van der Waals surface area contributed by atoms with Crippen LogP contribution >= 0.6 is 0 Å². The number of aliphatic hydroxyl groups is 3. The first-order valence-corrected chi connectivity index (χ1v) is 5.78. The van der Waals surface area contributed by atoms with Gasteiger partial charge in [-0.15, -0.1) is 0 Å². The number of aliphatic imine (C=N–C) groups is 2. The van der Waals surface area contributed by atoms with Crippen molar-refractivity contribution in [1.29, 1.82) is 5.41 Å². The van der Waals surface area contributed by atoms with E-state index in [1.165, 1.54) is 6.34 Å². The molecule has 0 aromatic carbocycles. The summed E-state index contributed by atoms with van der Waals surface area (Å²) in [4.78, 5) is 7.77. The lowest BCUT2D eigenvalue weighted by Gasteiger charge is -2.17. The van der Waals surface area contributed by atoms with Crippen molar-refractivity contribution in [2.24, 2.45) is 15.1 Å². The van der Waals surface area contributed by atoms with Crippen molar-refractivity contribution in [2.45, 2.75) is 30.5 Å². The minimum absolute atomic E-state index is 0.0653. The van der Waals surface area contributed by atoms with Crippen molar-refractivity contribution in [3.63, 3.8) is 0 Å². The number of rotatable bonds is 2. The number of hydrogen-bond acceptors (Lipinski definition) is 8. The van der Waals surface area contributed by atoms with Crippen LogP contribution in [-0.4, -0.2) is 76.0 Å². The average molecular weight is 267 g/mol. The molecule has 3 aliphatic rings. The van der Waals surface area contributed by atoms with Gasteiger partial charge in [0.1, 0.15) is 42.5 Å². The van der Waals surface area contributed by atoms with Crippen molar-refractivity contribution in [3.05, 3.63) is 0 Å². The van der Waals surface area contributed by atoms with Crippen LogP contribution in [-0.2, 0) is 4.74 Å². The first kappa shape index (κ1) is 12.4. The second-order valence-corrected chi connectivity index (χ2v) is 4.46. The van der Waals surface area contributed by atoms with Crippen LogP contribution < -0.4 is 5.43 Å². The van der Waals surface area contributed by atoms with E-state index in [0.717, 1.165) is 0 Å². The fourth-order valence-electron chi connectivity index (χ4n) is 2.29. The van der Waals surface area contributed by atoms with Gasteiger partial charge >= 0.3 is 0 Å². The van der Waals surface area contributed by atoms with Gasteiger partial charge in [-0.2, -0.15) is 5.10 Å². The van der Waals surface area contributed by atoms with Gasteiger partial charge in [-0.25, -0.2) is 9.98 Å². The summed E-state index contributed by atoms with van der Waals surface area (Å²) in [6.45, 7) is -0.400. The van der Waals surface area contributed by atoms with E-state index in [0.29, 0.717) is 11.4 Å². The van der Waals surface area contributed by atoms with E-state index in [4.69, 9.17) is 15.3 Å². The van der Waals surface area contributed by atoms with Crippen molar-refractivity contribution >= 4 is 23.6 Å². The second-order valence-electron chi connectivity index (χ2n) is 4.46. The molecule has 0 radical (unpaired) electrons. The minimum atomic E-state index is -1.20. The highest BCUT2D eigenvalue weighted by molar-refractivity contribution is 6.52. The molecule has 5 atom stereocenters. The Kier molecular flexibility index (Phi) is 2.90. The molecule has 19 heavy (non-hydrogen) atoms. The molecule has 0 spiro atoms. The third-order valence-electron chi connectivity index (χ3n) is 3.33. The van der Waals surface area contributed by atoms with Gasteiger partial charge < -0.3 is 20.1 Å². The zero-order valence-electron chi connectivity index (χ0n) is 9.76. The summed E-state index contributed by atoms with van der Waals surface area (Å²) >= 11 is 0. The van der Waals surface area contributed by atoms with Crippen LogP contribution in [0.4, 0.5) is 0 Å². The smallest absolute Gasteiger partial charge is 0.152 e. The highest BCUT2D eigenvalue weighted by atomic mass is 16.6. The number of hydrazone groups is 1. The van der Waals surface area contributed by atoms with Crippen molar-refractivity contribution in [1.82, 2.24) is 5.43 Å². The summed E-state index contributed by atoms with van der Waals surface area (Å²) in [5.74, 6) is 0.0653. The summed E-state index contributed by atoms with van der Waals surface area (Å²) < 4.78 is 5.39. The maximum absolute atomic E-state index is 9.94. The molecule has 102 valence electrons. The third-order valence-corrected chi connectivity index (χ3v) is 3.33. The van der Waals surface area contributed by atoms with Gasteiger partial charge in [-0.1, -0.05) is 0 Å². The van der Waals surface area contributed by atoms with E-state index in [2.05, 4.69) is 20.5 Å². The Bertz CT molecular complexity index is 502. The molecule has 9 nitrogen and oxygen atoms in total. The maximum atomic E-state index is 9.94. The van der Waals surface area contributed by atoms with Crippen LogP contribution in [0.1, 0.15) is 0 Å². The summed E-state index contributed by atoms with van der Waals surface area (Å²) in [7, 11) is 0. The van der Waals surface area contributed by atoms with Crippen LogP contribution in [0, 0.1) is 5.41 Å². The van der Waals surface area contributed by atoms with Gasteiger partial charge in [0.15, 0.2) is 5.84 Å². The van der Waals surface area contributed by atoms with Crippen molar-refractivity contribution in [3.8, 4) is 0 Å². The topological polar surface area (TPSA) is 143 Å². The fraction of sp³-hybridized carbons (Fsp3) is 0.600. The lowest BCUT2D eigenvalue weighted by Crippen LogP contribution is -2.44. The van der Waals surface area contributed by atoms with E-state index < -0.39 is 37.1 Å². The van der Waals surface area contributed by atoms with E-state index in [1.54, 1.807) is 0 Å².